The first-order valence-electron chi connectivity index (χ1n) is 7.79. The van der Waals surface area contributed by atoms with Crippen LogP contribution in [0.5, 0.6) is 11.5 Å². The van der Waals surface area contributed by atoms with Crippen molar-refractivity contribution in [2.24, 2.45) is 0 Å². The molecule has 0 unspecified atom stereocenters. The first kappa shape index (κ1) is 17.6. The van der Waals surface area contributed by atoms with E-state index < -0.39 is 0 Å². The Labute approximate surface area is 142 Å². The molecule has 0 saturated carbocycles. The van der Waals surface area contributed by atoms with Crippen molar-refractivity contribution < 1.29 is 9.47 Å². The lowest BCUT2D eigenvalue weighted by Gasteiger charge is -2.16. The van der Waals surface area contributed by atoms with E-state index in [-0.39, 0.29) is 6.10 Å². The number of aromatic nitrogens is 2. The van der Waals surface area contributed by atoms with Gasteiger partial charge in [-0.2, -0.15) is 0 Å². The van der Waals surface area contributed by atoms with Gasteiger partial charge in [0.05, 0.1) is 24.6 Å². The number of nitrogens with one attached hydrogen (secondary N) is 1. The third-order valence-electron chi connectivity index (χ3n) is 3.30. The number of rotatable bonds is 9. The maximum atomic E-state index is 6.32. The molecule has 0 amide bonds. The molecule has 1 N–H and O–H groups in total. The molecule has 0 aliphatic carbocycles. The summed E-state index contributed by atoms with van der Waals surface area (Å²) < 4.78 is 13.2. The molecule has 23 heavy (non-hydrogen) atoms. The maximum absolute atomic E-state index is 6.32. The molecule has 0 bridgehead atoms. The van der Waals surface area contributed by atoms with E-state index in [1.165, 1.54) is 0 Å². The number of methoxy groups -OCH3 is 1. The third-order valence-corrected chi connectivity index (χ3v) is 3.58. The molecule has 0 aliphatic rings. The zero-order valence-corrected chi connectivity index (χ0v) is 14.6. The molecule has 5 nitrogen and oxygen atoms in total. The van der Waals surface area contributed by atoms with Crippen molar-refractivity contribution in [1.29, 1.82) is 0 Å². The summed E-state index contributed by atoms with van der Waals surface area (Å²) in [6, 6.07) is 3.89. The minimum Gasteiger partial charge on any atom is -0.493 e. The van der Waals surface area contributed by atoms with Crippen molar-refractivity contribution in [2.45, 2.75) is 39.5 Å². The fourth-order valence-corrected chi connectivity index (χ4v) is 2.54. The summed E-state index contributed by atoms with van der Waals surface area (Å²) in [6.45, 7) is 6.54. The third kappa shape index (κ3) is 5.44. The van der Waals surface area contributed by atoms with Gasteiger partial charge in [0.25, 0.3) is 0 Å². The van der Waals surface area contributed by atoms with Gasteiger partial charge in [0, 0.05) is 25.5 Å². The molecule has 0 aliphatic heterocycles. The van der Waals surface area contributed by atoms with Crippen LogP contribution in [0, 0.1) is 0 Å². The highest BCUT2D eigenvalue weighted by atomic mass is 35.5. The Bertz CT molecular complexity index is 600. The van der Waals surface area contributed by atoms with E-state index in [4.69, 9.17) is 21.1 Å². The average Bonchev–Trinajstić information content (AvgIpc) is 3.02. The highest BCUT2D eigenvalue weighted by Gasteiger charge is 2.13. The first-order chi connectivity index (χ1) is 11.1. The predicted octanol–water partition coefficient (Wildman–Crippen LogP) is 3.51. The zero-order valence-electron chi connectivity index (χ0n) is 13.9. The Morgan fingerprint density at radius 2 is 2.17 bits per heavy atom. The summed E-state index contributed by atoms with van der Waals surface area (Å²) in [5.41, 5.74) is 1.07. The second kappa shape index (κ2) is 8.79. The Morgan fingerprint density at radius 3 is 2.83 bits per heavy atom. The number of benzene rings is 1. The van der Waals surface area contributed by atoms with Crippen LogP contribution in [0.2, 0.25) is 5.02 Å². The van der Waals surface area contributed by atoms with E-state index >= 15 is 0 Å². The largest absolute Gasteiger partial charge is 0.493 e. The van der Waals surface area contributed by atoms with Crippen LogP contribution >= 0.6 is 11.6 Å². The lowest BCUT2D eigenvalue weighted by atomic mass is 10.2. The van der Waals surface area contributed by atoms with Gasteiger partial charge in [-0.15, -0.1) is 0 Å². The quantitative estimate of drug-likeness (QED) is 0.711. The molecule has 1 heterocycles. The molecule has 6 heteroatoms. The normalized spacial score (nSPS) is 11.0. The second-order valence-corrected chi connectivity index (χ2v) is 6.01. The number of halogens is 1. The van der Waals surface area contributed by atoms with Gasteiger partial charge < -0.3 is 19.4 Å². The van der Waals surface area contributed by atoms with E-state index in [1.807, 2.05) is 38.5 Å². The van der Waals surface area contributed by atoms with E-state index in [0.717, 1.165) is 31.6 Å². The van der Waals surface area contributed by atoms with Gasteiger partial charge in [0.1, 0.15) is 0 Å². The highest BCUT2D eigenvalue weighted by molar-refractivity contribution is 6.32. The topological polar surface area (TPSA) is 48.3 Å². The van der Waals surface area contributed by atoms with Gasteiger partial charge in [-0.1, -0.05) is 11.6 Å². The van der Waals surface area contributed by atoms with E-state index in [2.05, 4.69) is 14.9 Å². The monoisotopic (exact) mass is 337 g/mol. The minimum atomic E-state index is 0.0496. The molecule has 2 aromatic rings. The van der Waals surface area contributed by atoms with Crippen molar-refractivity contribution in [3.63, 3.8) is 0 Å². The molecule has 1 aromatic carbocycles. The van der Waals surface area contributed by atoms with E-state index in [1.54, 1.807) is 13.3 Å². The smallest absolute Gasteiger partial charge is 0.180 e. The van der Waals surface area contributed by atoms with Crippen LogP contribution in [-0.4, -0.2) is 29.3 Å². The van der Waals surface area contributed by atoms with Crippen molar-refractivity contribution in [1.82, 2.24) is 14.9 Å². The minimum absolute atomic E-state index is 0.0496. The molecule has 1 aromatic heterocycles. The van der Waals surface area contributed by atoms with Gasteiger partial charge in [0.15, 0.2) is 11.5 Å². The fraction of sp³-hybridized carbons (Fsp3) is 0.471. The molecule has 0 fully saturated rings. The standard InChI is InChI=1S/C17H24ClN3O2/c1-13(2)23-17-15(18)9-14(10-16(17)22-3)11-19-5-4-7-21-8-6-20-12-21/h6,8-10,12-13,19H,4-5,7,11H2,1-3H3. The average molecular weight is 338 g/mol. The number of imidazole rings is 1. The zero-order chi connectivity index (χ0) is 16.7. The Kier molecular flexibility index (Phi) is 6.74. The van der Waals surface area contributed by atoms with Crippen LogP contribution in [0.4, 0.5) is 0 Å². The number of nitrogens with zero attached hydrogens (tertiary/aromatic N) is 2. The molecule has 2 rings (SSSR count). The molecule has 0 spiro atoms. The summed E-state index contributed by atoms with van der Waals surface area (Å²) in [4.78, 5) is 4.03. The summed E-state index contributed by atoms with van der Waals surface area (Å²) in [7, 11) is 1.63. The summed E-state index contributed by atoms with van der Waals surface area (Å²) >= 11 is 6.32. The van der Waals surface area contributed by atoms with Gasteiger partial charge in [-0.3, -0.25) is 0 Å². The van der Waals surface area contributed by atoms with Crippen LogP contribution in [0.1, 0.15) is 25.8 Å². The molecule has 126 valence electrons. The van der Waals surface area contributed by atoms with Gasteiger partial charge in [-0.25, -0.2) is 4.98 Å². The first-order valence-corrected chi connectivity index (χ1v) is 8.17. The molecule has 0 radical (unpaired) electrons. The van der Waals surface area contributed by atoms with Crippen LogP contribution in [0.25, 0.3) is 0 Å². The molecular formula is C17H24ClN3O2. The van der Waals surface area contributed by atoms with Crippen molar-refractivity contribution in [3.05, 3.63) is 41.4 Å². The van der Waals surface area contributed by atoms with Crippen LogP contribution in [0.3, 0.4) is 0 Å². The Morgan fingerprint density at radius 1 is 1.35 bits per heavy atom. The number of hydrogen-bond acceptors (Lipinski definition) is 4. The number of aryl methyl sites for hydroxylation is 1. The lowest BCUT2D eigenvalue weighted by molar-refractivity contribution is 0.230. The molecular weight excluding hydrogens is 314 g/mol. The Hall–Kier alpha value is -1.72. The van der Waals surface area contributed by atoms with Gasteiger partial charge >= 0.3 is 0 Å². The van der Waals surface area contributed by atoms with Gasteiger partial charge in [-0.05, 0) is 44.5 Å². The SMILES string of the molecule is COc1cc(CNCCCn2ccnc2)cc(Cl)c1OC(C)C. The number of ether oxygens (including phenoxy) is 2. The van der Waals surface area contributed by atoms with Crippen LogP contribution in [0.15, 0.2) is 30.9 Å². The van der Waals surface area contributed by atoms with Crippen molar-refractivity contribution in [2.75, 3.05) is 13.7 Å². The van der Waals surface area contributed by atoms with Crippen LogP contribution < -0.4 is 14.8 Å². The lowest BCUT2D eigenvalue weighted by Crippen LogP contribution is -2.16. The van der Waals surface area contributed by atoms with Crippen molar-refractivity contribution >= 4 is 11.6 Å². The number of hydrogen-bond donors (Lipinski definition) is 1. The maximum Gasteiger partial charge on any atom is 0.180 e. The fourth-order valence-electron chi connectivity index (χ4n) is 2.26. The van der Waals surface area contributed by atoms with Gasteiger partial charge in [0.2, 0.25) is 0 Å². The summed E-state index contributed by atoms with van der Waals surface area (Å²) in [5.74, 6) is 1.27. The van der Waals surface area contributed by atoms with E-state index in [0.29, 0.717) is 16.5 Å². The predicted molar refractivity (Wildman–Crippen MR) is 92.3 cm³/mol. The molecule has 0 saturated heterocycles. The summed E-state index contributed by atoms with van der Waals surface area (Å²) in [5, 5.41) is 3.99. The summed E-state index contributed by atoms with van der Waals surface area (Å²) in [6.07, 6.45) is 6.68. The van der Waals surface area contributed by atoms with E-state index in [9.17, 15) is 0 Å². The molecule has 0 atom stereocenters. The second-order valence-electron chi connectivity index (χ2n) is 5.61. The Balaban J connectivity index is 1.86. The highest BCUT2D eigenvalue weighted by Crippen LogP contribution is 2.37. The van der Waals surface area contributed by atoms with Crippen molar-refractivity contribution in [3.8, 4) is 11.5 Å². The van der Waals surface area contributed by atoms with Crippen LogP contribution in [-0.2, 0) is 13.1 Å².